The number of aryl methyl sites for hydroxylation is 2. The topological polar surface area (TPSA) is 102 Å². The maximum atomic E-state index is 9.20. The lowest BCUT2D eigenvalue weighted by molar-refractivity contribution is 0.284. The monoisotopic (exact) mass is 475 g/mol. The summed E-state index contributed by atoms with van der Waals surface area (Å²) in [5.74, 6) is 4.08. The third-order valence-corrected chi connectivity index (χ3v) is 7.28. The number of aliphatic hydroxyl groups excluding tert-OH is 1. The standard InChI is InChI=1S/C24H41N7OS/c1-5-18-10-11-20(30-33-6-2)15-21(14-18)31(4)24-25-19(9-7-8-12-32)16-22(27-24)26-23-13-17(3)28-29-23/h13,16,18,20-21,30,32H,5-12,14-15H2,1-4H3,(H2,25,26,27,28,29). The maximum absolute atomic E-state index is 9.20. The Morgan fingerprint density at radius 1 is 1.15 bits per heavy atom. The van der Waals surface area contributed by atoms with E-state index in [2.05, 4.69) is 46.0 Å². The van der Waals surface area contributed by atoms with Gasteiger partial charge in [-0.05, 0) is 57.8 Å². The van der Waals surface area contributed by atoms with Crippen molar-refractivity contribution in [3.63, 3.8) is 0 Å². The lowest BCUT2D eigenvalue weighted by Crippen LogP contribution is -2.38. The molecule has 1 fully saturated rings. The van der Waals surface area contributed by atoms with Gasteiger partial charge in [0.1, 0.15) is 5.82 Å². The molecule has 3 unspecified atom stereocenters. The Morgan fingerprint density at radius 3 is 2.70 bits per heavy atom. The third-order valence-electron chi connectivity index (χ3n) is 6.49. The second-order valence-electron chi connectivity index (χ2n) is 9.12. The van der Waals surface area contributed by atoms with Gasteiger partial charge in [-0.15, -0.1) is 0 Å². The number of aliphatic hydroxyl groups is 1. The lowest BCUT2D eigenvalue weighted by atomic mass is 9.95. The van der Waals surface area contributed by atoms with Gasteiger partial charge >= 0.3 is 0 Å². The fourth-order valence-electron chi connectivity index (χ4n) is 4.51. The van der Waals surface area contributed by atoms with E-state index in [1.165, 1.54) is 25.7 Å². The molecule has 1 saturated carbocycles. The Bertz CT molecular complexity index is 846. The first-order chi connectivity index (χ1) is 16.0. The molecule has 0 spiro atoms. The van der Waals surface area contributed by atoms with Crippen molar-refractivity contribution in [2.75, 3.05) is 29.6 Å². The molecule has 3 rings (SSSR count). The Balaban J connectivity index is 1.83. The van der Waals surface area contributed by atoms with Crippen LogP contribution < -0.4 is 14.9 Å². The molecular formula is C24H41N7OS. The van der Waals surface area contributed by atoms with Crippen molar-refractivity contribution in [2.24, 2.45) is 5.92 Å². The second-order valence-corrected chi connectivity index (χ2v) is 10.2. The summed E-state index contributed by atoms with van der Waals surface area (Å²) in [6, 6.07) is 4.87. The van der Waals surface area contributed by atoms with Crippen LogP contribution in [0.3, 0.4) is 0 Å². The van der Waals surface area contributed by atoms with Crippen LogP contribution in [-0.4, -0.2) is 56.8 Å². The molecule has 184 valence electrons. The number of rotatable bonds is 12. The number of aromatic nitrogens is 4. The predicted octanol–water partition coefficient (Wildman–Crippen LogP) is 4.60. The highest BCUT2D eigenvalue weighted by atomic mass is 32.2. The van der Waals surface area contributed by atoms with E-state index in [0.717, 1.165) is 66.3 Å². The van der Waals surface area contributed by atoms with Gasteiger partial charge in [-0.25, -0.2) is 4.98 Å². The van der Waals surface area contributed by atoms with Crippen LogP contribution in [0.5, 0.6) is 0 Å². The van der Waals surface area contributed by atoms with Crippen LogP contribution >= 0.6 is 11.9 Å². The normalized spacial score (nSPS) is 21.1. The minimum atomic E-state index is 0.208. The Labute approximate surface area is 202 Å². The minimum absolute atomic E-state index is 0.208. The predicted molar refractivity (Wildman–Crippen MR) is 138 cm³/mol. The SMILES string of the molecule is CCSNC1CCC(CC)CC(N(C)c2nc(CCCCO)cc(Nc3cc(C)[nH]n3)n2)C1. The van der Waals surface area contributed by atoms with Crippen LogP contribution in [0, 0.1) is 12.8 Å². The van der Waals surface area contributed by atoms with Crippen LogP contribution in [0.4, 0.5) is 17.6 Å². The molecule has 3 atom stereocenters. The van der Waals surface area contributed by atoms with Crippen molar-refractivity contribution in [1.29, 1.82) is 0 Å². The van der Waals surface area contributed by atoms with Gasteiger partial charge in [-0.2, -0.15) is 10.1 Å². The molecule has 2 heterocycles. The molecule has 0 radical (unpaired) electrons. The van der Waals surface area contributed by atoms with Crippen molar-refractivity contribution in [1.82, 2.24) is 24.9 Å². The van der Waals surface area contributed by atoms with Gasteiger partial charge in [0, 0.05) is 55.0 Å². The number of H-pyrrole nitrogens is 1. The molecule has 0 aliphatic heterocycles. The first-order valence-electron chi connectivity index (χ1n) is 12.4. The fourth-order valence-corrected chi connectivity index (χ4v) is 5.12. The summed E-state index contributed by atoms with van der Waals surface area (Å²) < 4.78 is 3.69. The number of hydrogen-bond donors (Lipinski definition) is 4. The molecule has 0 aromatic carbocycles. The molecule has 1 aliphatic rings. The van der Waals surface area contributed by atoms with Gasteiger partial charge in [-0.1, -0.05) is 32.2 Å². The molecule has 0 saturated heterocycles. The summed E-state index contributed by atoms with van der Waals surface area (Å²) in [4.78, 5) is 12.1. The van der Waals surface area contributed by atoms with E-state index in [9.17, 15) is 5.11 Å². The van der Waals surface area contributed by atoms with Crippen molar-refractivity contribution in [3.8, 4) is 0 Å². The van der Waals surface area contributed by atoms with Gasteiger partial charge in [0.05, 0.1) is 0 Å². The van der Waals surface area contributed by atoms with Crippen LogP contribution in [0.15, 0.2) is 12.1 Å². The molecule has 0 bridgehead atoms. The zero-order chi connectivity index (χ0) is 23.6. The number of aromatic amines is 1. The van der Waals surface area contributed by atoms with Crippen molar-refractivity contribution in [2.45, 2.75) is 84.2 Å². The molecule has 4 N–H and O–H groups in total. The van der Waals surface area contributed by atoms with E-state index >= 15 is 0 Å². The summed E-state index contributed by atoms with van der Waals surface area (Å²) in [6.45, 7) is 6.69. The van der Waals surface area contributed by atoms with Gasteiger partial charge < -0.3 is 15.3 Å². The number of hydrogen-bond acceptors (Lipinski definition) is 8. The van der Waals surface area contributed by atoms with Crippen molar-refractivity contribution < 1.29 is 5.11 Å². The average molecular weight is 476 g/mol. The maximum Gasteiger partial charge on any atom is 0.227 e. The van der Waals surface area contributed by atoms with Gasteiger partial charge in [0.2, 0.25) is 5.95 Å². The van der Waals surface area contributed by atoms with Crippen LogP contribution in [0.25, 0.3) is 0 Å². The lowest BCUT2D eigenvalue weighted by Gasteiger charge is -2.31. The number of unbranched alkanes of at least 4 members (excludes halogenated alkanes) is 1. The first-order valence-corrected chi connectivity index (χ1v) is 13.4. The summed E-state index contributed by atoms with van der Waals surface area (Å²) in [6.07, 6.45) is 8.47. The molecule has 33 heavy (non-hydrogen) atoms. The average Bonchev–Trinajstić information content (AvgIpc) is 3.10. The highest BCUT2D eigenvalue weighted by molar-refractivity contribution is 7.97. The molecule has 1 aliphatic carbocycles. The molecule has 0 amide bonds. The summed E-state index contributed by atoms with van der Waals surface area (Å²) in [5.41, 5.74) is 1.99. The van der Waals surface area contributed by atoms with E-state index in [1.54, 1.807) is 0 Å². The molecule has 8 nitrogen and oxygen atoms in total. The molecule has 2 aromatic rings. The Kier molecular flexibility index (Phi) is 10.3. The van der Waals surface area contributed by atoms with E-state index in [1.807, 2.05) is 31.0 Å². The van der Waals surface area contributed by atoms with E-state index in [0.29, 0.717) is 12.1 Å². The minimum Gasteiger partial charge on any atom is -0.396 e. The third kappa shape index (κ3) is 7.86. The fraction of sp³-hybridized carbons (Fsp3) is 0.708. The second kappa shape index (κ2) is 13.2. The van der Waals surface area contributed by atoms with Gasteiger partial charge in [0.15, 0.2) is 5.82 Å². The van der Waals surface area contributed by atoms with Gasteiger partial charge in [-0.3, -0.25) is 9.82 Å². The quantitative estimate of drug-likeness (QED) is 0.201. The smallest absolute Gasteiger partial charge is 0.227 e. The molecule has 2 aromatic heterocycles. The summed E-state index contributed by atoms with van der Waals surface area (Å²) in [7, 11) is 2.14. The summed E-state index contributed by atoms with van der Waals surface area (Å²) >= 11 is 1.82. The number of anilines is 3. The molecular weight excluding hydrogens is 434 g/mol. The van der Waals surface area contributed by atoms with Crippen molar-refractivity contribution in [3.05, 3.63) is 23.5 Å². The first kappa shape index (κ1) is 25.8. The summed E-state index contributed by atoms with van der Waals surface area (Å²) in [5, 5.41) is 19.8. The number of nitrogens with one attached hydrogen (secondary N) is 3. The zero-order valence-corrected chi connectivity index (χ0v) is 21.4. The molecule has 9 heteroatoms. The van der Waals surface area contributed by atoms with Crippen LogP contribution in [0.2, 0.25) is 0 Å². The zero-order valence-electron chi connectivity index (χ0n) is 20.6. The Hall–Kier alpha value is -1.84. The van der Waals surface area contributed by atoms with E-state index in [4.69, 9.17) is 9.97 Å². The highest BCUT2D eigenvalue weighted by Crippen LogP contribution is 2.31. The van der Waals surface area contributed by atoms with Gasteiger partial charge in [0.25, 0.3) is 0 Å². The van der Waals surface area contributed by atoms with Crippen LogP contribution in [-0.2, 0) is 6.42 Å². The highest BCUT2D eigenvalue weighted by Gasteiger charge is 2.29. The largest absolute Gasteiger partial charge is 0.396 e. The van der Waals surface area contributed by atoms with Crippen molar-refractivity contribution >= 4 is 29.5 Å². The van der Waals surface area contributed by atoms with E-state index < -0.39 is 0 Å². The van der Waals surface area contributed by atoms with E-state index in [-0.39, 0.29) is 6.61 Å². The number of nitrogens with zero attached hydrogens (tertiary/aromatic N) is 4. The van der Waals surface area contributed by atoms with Crippen LogP contribution in [0.1, 0.15) is 70.2 Å². The Morgan fingerprint density at radius 2 is 2.00 bits per heavy atom.